The molecule has 0 atom stereocenters. The molecule has 1 aromatic rings. The van der Waals surface area contributed by atoms with Crippen LogP contribution in [0.1, 0.15) is 15.9 Å². The molecule has 0 saturated carbocycles. The molecule has 0 bridgehead atoms. The van der Waals surface area contributed by atoms with E-state index in [2.05, 4.69) is 26.1 Å². The minimum Gasteiger partial charge on any atom is -0.507 e. The van der Waals surface area contributed by atoms with E-state index in [4.69, 9.17) is 4.74 Å². The van der Waals surface area contributed by atoms with Gasteiger partial charge in [0.2, 0.25) is 0 Å². The Kier molecular flexibility index (Phi) is 5.39. The van der Waals surface area contributed by atoms with Crippen molar-refractivity contribution in [1.29, 1.82) is 0 Å². The van der Waals surface area contributed by atoms with Crippen LogP contribution in [0.4, 0.5) is 0 Å². The summed E-state index contributed by atoms with van der Waals surface area (Å²) in [5.74, 6) is -0.211. The molecule has 1 aliphatic heterocycles. The summed E-state index contributed by atoms with van der Waals surface area (Å²) >= 11 is 3.33. The summed E-state index contributed by atoms with van der Waals surface area (Å²) in [5.41, 5.74) is 0.983. The highest BCUT2D eigenvalue weighted by Gasteiger charge is 2.15. The largest absolute Gasteiger partial charge is 0.507 e. The van der Waals surface area contributed by atoms with Gasteiger partial charge in [-0.15, -0.1) is 0 Å². The minimum absolute atomic E-state index is 0.0390. The first-order valence-corrected chi connectivity index (χ1v) is 7.44. The van der Waals surface area contributed by atoms with Gasteiger partial charge in [0.25, 0.3) is 5.91 Å². The van der Waals surface area contributed by atoms with Gasteiger partial charge in [0.05, 0.1) is 18.8 Å². The maximum Gasteiger partial charge on any atom is 0.255 e. The van der Waals surface area contributed by atoms with Crippen molar-refractivity contribution in [3.05, 3.63) is 27.7 Å². The number of rotatable bonds is 4. The standard InChI is InChI=1S/C14H19BrN2O3/c1-10-8-11(15)9-12(13(10)18)14(19)16-2-3-17-4-6-20-7-5-17/h8-9,18H,2-7H2,1H3,(H,16,19). The number of amides is 1. The molecule has 1 aromatic carbocycles. The van der Waals surface area contributed by atoms with Gasteiger partial charge in [0.1, 0.15) is 5.75 Å². The second-order valence-electron chi connectivity index (χ2n) is 4.83. The van der Waals surface area contributed by atoms with Gasteiger partial charge in [0.15, 0.2) is 0 Å². The first kappa shape index (κ1) is 15.3. The van der Waals surface area contributed by atoms with Crippen molar-refractivity contribution in [3.63, 3.8) is 0 Å². The Balaban J connectivity index is 1.88. The molecule has 1 heterocycles. The summed E-state index contributed by atoms with van der Waals surface area (Å²) in [6.45, 7) is 6.42. The van der Waals surface area contributed by atoms with Gasteiger partial charge in [0, 0.05) is 30.7 Å². The molecule has 0 aliphatic carbocycles. The second kappa shape index (κ2) is 7.06. The summed E-state index contributed by atoms with van der Waals surface area (Å²) in [7, 11) is 0. The average Bonchev–Trinajstić information content (AvgIpc) is 2.44. The van der Waals surface area contributed by atoms with Gasteiger partial charge in [-0.3, -0.25) is 9.69 Å². The van der Waals surface area contributed by atoms with E-state index in [9.17, 15) is 9.90 Å². The highest BCUT2D eigenvalue weighted by atomic mass is 79.9. The van der Waals surface area contributed by atoms with Crippen LogP contribution in [0, 0.1) is 6.92 Å². The number of carbonyl (C=O) groups excluding carboxylic acids is 1. The van der Waals surface area contributed by atoms with Gasteiger partial charge in [-0.2, -0.15) is 0 Å². The number of ether oxygens (including phenoxy) is 1. The van der Waals surface area contributed by atoms with Crippen molar-refractivity contribution >= 4 is 21.8 Å². The summed E-state index contributed by atoms with van der Waals surface area (Å²) in [6.07, 6.45) is 0. The molecule has 0 radical (unpaired) electrons. The highest BCUT2D eigenvalue weighted by Crippen LogP contribution is 2.26. The van der Waals surface area contributed by atoms with Gasteiger partial charge in [-0.1, -0.05) is 15.9 Å². The monoisotopic (exact) mass is 342 g/mol. The van der Waals surface area contributed by atoms with E-state index < -0.39 is 0 Å². The van der Waals surface area contributed by atoms with E-state index in [1.807, 2.05) is 0 Å². The number of carbonyl (C=O) groups is 1. The van der Waals surface area contributed by atoms with Crippen LogP contribution in [-0.2, 0) is 4.74 Å². The first-order chi connectivity index (χ1) is 9.58. The van der Waals surface area contributed by atoms with E-state index in [1.165, 1.54) is 0 Å². The summed E-state index contributed by atoms with van der Waals surface area (Å²) < 4.78 is 6.05. The number of morpholine rings is 1. The lowest BCUT2D eigenvalue weighted by atomic mass is 10.1. The Hall–Kier alpha value is -1.11. The third-order valence-electron chi connectivity index (χ3n) is 3.33. The second-order valence-corrected chi connectivity index (χ2v) is 5.74. The number of phenolic OH excluding ortho intramolecular Hbond substituents is 1. The normalized spacial score (nSPS) is 16.1. The zero-order valence-corrected chi connectivity index (χ0v) is 13.1. The van der Waals surface area contributed by atoms with Crippen molar-refractivity contribution in [2.24, 2.45) is 0 Å². The molecule has 1 fully saturated rings. The fourth-order valence-corrected chi connectivity index (χ4v) is 2.73. The van der Waals surface area contributed by atoms with Crippen molar-refractivity contribution in [2.75, 3.05) is 39.4 Å². The topological polar surface area (TPSA) is 61.8 Å². The van der Waals surface area contributed by atoms with E-state index in [0.29, 0.717) is 17.7 Å². The number of hydrogen-bond donors (Lipinski definition) is 2. The molecule has 2 N–H and O–H groups in total. The number of aromatic hydroxyl groups is 1. The van der Waals surface area contributed by atoms with Crippen LogP contribution in [-0.4, -0.2) is 55.3 Å². The molecule has 0 spiro atoms. The first-order valence-electron chi connectivity index (χ1n) is 6.65. The quantitative estimate of drug-likeness (QED) is 0.870. The molecule has 5 nitrogen and oxygen atoms in total. The smallest absolute Gasteiger partial charge is 0.255 e. The van der Waals surface area contributed by atoms with Crippen molar-refractivity contribution < 1.29 is 14.6 Å². The van der Waals surface area contributed by atoms with E-state index in [1.54, 1.807) is 19.1 Å². The third kappa shape index (κ3) is 3.94. The molecule has 1 saturated heterocycles. The van der Waals surface area contributed by atoms with Crippen molar-refractivity contribution in [2.45, 2.75) is 6.92 Å². The zero-order valence-electron chi connectivity index (χ0n) is 11.5. The number of nitrogens with zero attached hydrogens (tertiary/aromatic N) is 1. The van der Waals surface area contributed by atoms with E-state index in [0.717, 1.165) is 37.3 Å². The fraction of sp³-hybridized carbons (Fsp3) is 0.500. The predicted molar refractivity (Wildman–Crippen MR) is 80.1 cm³/mol. The molecule has 1 aliphatic rings. The average molecular weight is 343 g/mol. The van der Waals surface area contributed by atoms with Crippen LogP contribution >= 0.6 is 15.9 Å². The number of hydrogen-bond acceptors (Lipinski definition) is 4. The van der Waals surface area contributed by atoms with Gasteiger partial charge < -0.3 is 15.2 Å². The maximum atomic E-state index is 12.1. The number of phenols is 1. The Morgan fingerprint density at radius 2 is 2.15 bits per heavy atom. The summed E-state index contributed by atoms with van der Waals surface area (Å²) in [5, 5.41) is 12.8. The van der Waals surface area contributed by atoms with Crippen molar-refractivity contribution in [1.82, 2.24) is 10.2 Å². The Morgan fingerprint density at radius 3 is 2.85 bits per heavy atom. The number of aryl methyl sites for hydroxylation is 1. The molecule has 20 heavy (non-hydrogen) atoms. The van der Waals surface area contributed by atoms with E-state index >= 15 is 0 Å². The molecular weight excluding hydrogens is 324 g/mol. The van der Waals surface area contributed by atoms with Gasteiger partial charge in [-0.25, -0.2) is 0 Å². The van der Waals surface area contributed by atoms with Crippen LogP contribution in [0.25, 0.3) is 0 Å². The van der Waals surface area contributed by atoms with Crippen LogP contribution in [0.5, 0.6) is 5.75 Å². The lowest BCUT2D eigenvalue weighted by Crippen LogP contribution is -2.41. The fourth-order valence-electron chi connectivity index (χ4n) is 2.16. The van der Waals surface area contributed by atoms with Crippen LogP contribution in [0.2, 0.25) is 0 Å². The Bertz CT molecular complexity index is 488. The Labute approximate surface area is 127 Å². The molecule has 0 unspecified atom stereocenters. The number of nitrogens with one attached hydrogen (secondary N) is 1. The highest BCUT2D eigenvalue weighted by molar-refractivity contribution is 9.10. The number of benzene rings is 1. The number of halogens is 1. The molecule has 1 amide bonds. The molecule has 2 rings (SSSR count). The summed E-state index contributed by atoms with van der Waals surface area (Å²) in [6, 6.07) is 3.41. The molecule has 6 heteroatoms. The zero-order chi connectivity index (χ0) is 14.5. The van der Waals surface area contributed by atoms with Crippen LogP contribution in [0.15, 0.2) is 16.6 Å². The third-order valence-corrected chi connectivity index (χ3v) is 3.79. The van der Waals surface area contributed by atoms with E-state index in [-0.39, 0.29) is 11.7 Å². The van der Waals surface area contributed by atoms with Crippen LogP contribution in [0.3, 0.4) is 0 Å². The minimum atomic E-state index is -0.250. The molecule has 0 aromatic heterocycles. The lowest BCUT2D eigenvalue weighted by molar-refractivity contribution is 0.0383. The maximum absolute atomic E-state index is 12.1. The van der Waals surface area contributed by atoms with Gasteiger partial charge in [-0.05, 0) is 24.6 Å². The van der Waals surface area contributed by atoms with Crippen LogP contribution < -0.4 is 5.32 Å². The van der Waals surface area contributed by atoms with Crippen molar-refractivity contribution in [3.8, 4) is 5.75 Å². The summed E-state index contributed by atoms with van der Waals surface area (Å²) in [4.78, 5) is 14.3. The van der Waals surface area contributed by atoms with Gasteiger partial charge >= 0.3 is 0 Å². The molecule has 110 valence electrons. The SMILES string of the molecule is Cc1cc(Br)cc(C(=O)NCCN2CCOCC2)c1O. The predicted octanol–water partition coefficient (Wildman–Crippen LogP) is 1.53. The molecular formula is C14H19BrN2O3. The Morgan fingerprint density at radius 1 is 1.45 bits per heavy atom. The lowest BCUT2D eigenvalue weighted by Gasteiger charge is -2.26.